The van der Waals surface area contributed by atoms with Crippen LogP contribution < -0.4 is 0 Å². The monoisotopic (exact) mass is 729 g/mol. The van der Waals surface area contributed by atoms with Crippen LogP contribution in [0.1, 0.15) is 11.1 Å². The summed E-state index contributed by atoms with van der Waals surface area (Å²) < 4.78 is 2.41. The van der Waals surface area contributed by atoms with Gasteiger partial charge in [0.1, 0.15) is 0 Å². The summed E-state index contributed by atoms with van der Waals surface area (Å²) in [4.78, 5) is 20.9. The Hall–Kier alpha value is -7.50. The van der Waals surface area contributed by atoms with Crippen molar-refractivity contribution in [2.24, 2.45) is 0 Å². The zero-order valence-corrected chi connectivity index (χ0v) is 31.0. The van der Waals surface area contributed by atoms with Crippen LogP contribution in [0.25, 0.3) is 95.3 Å². The molecule has 57 heavy (non-hydrogen) atoms. The van der Waals surface area contributed by atoms with Gasteiger partial charge < -0.3 is 4.57 Å². The minimum atomic E-state index is 0.712. The fraction of sp³-hybridized carbons (Fsp3) is 0.0385. The van der Waals surface area contributed by atoms with E-state index in [-0.39, 0.29) is 0 Å². The Morgan fingerprint density at radius 2 is 0.632 bits per heavy atom. The molecule has 0 saturated heterocycles. The van der Waals surface area contributed by atoms with Crippen LogP contribution >= 0.6 is 0 Å². The van der Waals surface area contributed by atoms with E-state index in [2.05, 4.69) is 168 Å². The molecule has 0 spiro atoms. The molecule has 0 bridgehead atoms. The smallest absolute Gasteiger partial charge is 0.160 e. The number of hydrogen-bond acceptors (Lipinski definition) is 4. The van der Waals surface area contributed by atoms with Gasteiger partial charge in [-0.3, -0.25) is 0 Å². The molecule has 0 amide bonds. The van der Waals surface area contributed by atoms with Crippen LogP contribution in [0.2, 0.25) is 0 Å². The van der Waals surface area contributed by atoms with Crippen molar-refractivity contribution in [2.45, 2.75) is 12.8 Å². The van der Waals surface area contributed by atoms with Gasteiger partial charge >= 0.3 is 0 Å². The van der Waals surface area contributed by atoms with Gasteiger partial charge in [0, 0.05) is 49.8 Å². The molecule has 0 fully saturated rings. The summed E-state index contributed by atoms with van der Waals surface area (Å²) in [5.74, 6) is 1.42. The number of benzene rings is 7. The third kappa shape index (κ3) is 5.88. The molecule has 0 unspecified atom stereocenters. The molecule has 0 atom stereocenters. The van der Waals surface area contributed by atoms with Crippen molar-refractivity contribution in [3.63, 3.8) is 0 Å². The Balaban J connectivity index is 1.16. The first kappa shape index (κ1) is 32.9. The summed E-state index contributed by atoms with van der Waals surface area (Å²) in [6.07, 6.45) is 1.80. The number of rotatable bonds is 7. The zero-order valence-electron chi connectivity index (χ0n) is 31.0. The maximum absolute atomic E-state index is 5.24. The molecular weight excluding hydrogens is 695 g/mol. The SMILES string of the molecule is c1ccc(-c2cc(-c3ccccc3)nc(-c3cc4c5c6c(cc(-c7nc(-c8ccccc8)cc(-c8ccccc8)n7)cc6n(-c6ccccc6)c5c3)CC4)n2)cc1. The van der Waals surface area contributed by atoms with Gasteiger partial charge in [-0.05, 0) is 72.5 Å². The van der Waals surface area contributed by atoms with Crippen molar-refractivity contribution in [1.82, 2.24) is 24.5 Å². The summed E-state index contributed by atoms with van der Waals surface area (Å²) in [6.45, 7) is 0. The molecule has 5 nitrogen and oxygen atoms in total. The highest BCUT2D eigenvalue weighted by Crippen LogP contribution is 2.44. The highest BCUT2D eigenvalue weighted by atomic mass is 15.0. The van der Waals surface area contributed by atoms with Crippen LogP contribution in [0.5, 0.6) is 0 Å². The minimum absolute atomic E-state index is 0.712. The maximum Gasteiger partial charge on any atom is 0.160 e. The first-order chi connectivity index (χ1) is 28.2. The van der Waals surface area contributed by atoms with Gasteiger partial charge in [-0.2, -0.15) is 0 Å². The van der Waals surface area contributed by atoms with Crippen molar-refractivity contribution in [3.05, 3.63) is 199 Å². The molecule has 0 radical (unpaired) electrons. The van der Waals surface area contributed by atoms with E-state index in [0.717, 1.165) is 85.7 Å². The van der Waals surface area contributed by atoms with E-state index in [1.54, 1.807) is 0 Å². The Morgan fingerprint density at radius 1 is 0.316 bits per heavy atom. The average molecular weight is 730 g/mol. The van der Waals surface area contributed by atoms with E-state index < -0.39 is 0 Å². The number of aromatic nitrogens is 5. The van der Waals surface area contributed by atoms with Gasteiger partial charge in [-0.15, -0.1) is 0 Å². The fourth-order valence-electron chi connectivity index (χ4n) is 8.39. The molecular formula is C52H35N5. The Bertz CT molecular complexity index is 2780. The number of aryl methyl sites for hydroxylation is 2. The summed E-state index contributed by atoms with van der Waals surface area (Å²) in [5.41, 5.74) is 15.8. The first-order valence-corrected chi connectivity index (χ1v) is 19.4. The third-order valence-electron chi connectivity index (χ3n) is 11.1. The lowest BCUT2D eigenvalue weighted by molar-refractivity contribution is 0.968. The quantitative estimate of drug-likeness (QED) is 0.164. The van der Waals surface area contributed by atoms with Gasteiger partial charge in [0.2, 0.25) is 0 Å². The topological polar surface area (TPSA) is 56.5 Å². The first-order valence-electron chi connectivity index (χ1n) is 19.4. The highest BCUT2D eigenvalue weighted by molar-refractivity contribution is 6.15. The van der Waals surface area contributed by atoms with Crippen LogP contribution in [0, 0.1) is 0 Å². The second kappa shape index (κ2) is 13.7. The van der Waals surface area contributed by atoms with Gasteiger partial charge in [-0.25, -0.2) is 19.9 Å². The van der Waals surface area contributed by atoms with Gasteiger partial charge in [0.25, 0.3) is 0 Å². The molecule has 0 saturated carbocycles. The van der Waals surface area contributed by atoms with Gasteiger partial charge in [-0.1, -0.05) is 140 Å². The van der Waals surface area contributed by atoms with E-state index in [4.69, 9.17) is 19.9 Å². The molecule has 0 aliphatic heterocycles. The van der Waals surface area contributed by atoms with E-state index in [0.29, 0.717) is 11.6 Å². The Kier molecular flexibility index (Phi) is 7.88. The number of para-hydroxylation sites is 1. The second-order valence-electron chi connectivity index (χ2n) is 14.6. The zero-order chi connectivity index (χ0) is 37.7. The molecule has 11 rings (SSSR count). The van der Waals surface area contributed by atoms with Crippen LogP contribution in [-0.2, 0) is 12.8 Å². The van der Waals surface area contributed by atoms with Crippen LogP contribution in [-0.4, -0.2) is 24.5 Å². The number of nitrogens with zero attached hydrogens (tertiary/aromatic N) is 5. The van der Waals surface area contributed by atoms with E-state index in [1.165, 1.54) is 21.9 Å². The van der Waals surface area contributed by atoms with Crippen molar-refractivity contribution >= 4 is 21.8 Å². The number of hydrogen-bond donors (Lipinski definition) is 0. The minimum Gasteiger partial charge on any atom is -0.309 e. The van der Waals surface area contributed by atoms with Crippen molar-refractivity contribution in [3.8, 4) is 73.5 Å². The molecule has 5 heteroatoms. The normalized spacial score (nSPS) is 12.1. The molecule has 1 aliphatic carbocycles. The summed E-state index contributed by atoms with van der Waals surface area (Å²) in [7, 11) is 0. The summed E-state index contributed by atoms with van der Waals surface area (Å²) >= 11 is 0. The average Bonchev–Trinajstić information content (AvgIpc) is 3.64. The lowest BCUT2D eigenvalue weighted by atomic mass is 9.88. The van der Waals surface area contributed by atoms with E-state index in [1.807, 2.05) is 24.3 Å². The fourth-order valence-corrected chi connectivity index (χ4v) is 8.39. The highest BCUT2D eigenvalue weighted by Gasteiger charge is 2.25. The molecule has 268 valence electrons. The maximum atomic E-state index is 5.24. The predicted molar refractivity (Wildman–Crippen MR) is 232 cm³/mol. The molecule has 7 aromatic carbocycles. The molecule has 10 aromatic rings. The van der Waals surface area contributed by atoms with Crippen molar-refractivity contribution in [2.75, 3.05) is 0 Å². The van der Waals surface area contributed by atoms with Gasteiger partial charge in [0.15, 0.2) is 11.6 Å². The molecule has 1 aliphatic rings. The second-order valence-corrected chi connectivity index (χ2v) is 14.6. The van der Waals surface area contributed by atoms with E-state index >= 15 is 0 Å². The van der Waals surface area contributed by atoms with E-state index in [9.17, 15) is 0 Å². The lowest BCUT2D eigenvalue weighted by Crippen LogP contribution is -2.02. The summed E-state index contributed by atoms with van der Waals surface area (Å²) in [5, 5.41) is 2.58. The standard InChI is InChI=1S/C52H35N5/c1-6-16-34(17-7-1)43-32-44(35-18-8-2-9-19-35)54-51(53-43)40-28-38-26-27-39-29-41(31-48-50(39)49(38)47(30-40)57(48)42-24-14-5-15-25-42)52-55-45(36-20-10-3-11-21-36)33-46(56-52)37-22-12-4-13-23-37/h1-25,28-33H,26-27H2. The molecule has 3 heterocycles. The Labute approximate surface area is 330 Å². The van der Waals surface area contributed by atoms with Crippen LogP contribution in [0.3, 0.4) is 0 Å². The van der Waals surface area contributed by atoms with Crippen molar-refractivity contribution < 1.29 is 0 Å². The predicted octanol–water partition coefficient (Wildman–Crippen LogP) is 12.5. The van der Waals surface area contributed by atoms with Crippen molar-refractivity contribution in [1.29, 1.82) is 0 Å². The summed E-state index contributed by atoms with van der Waals surface area (Å²) in [6, 6.07) is 65.7. The molecule has 3 aromatic heterocycles. The molecule has 0 N–H and O–H groups in total. The Morgan fingerprint density at radius 3 is 0.965 bits per heavy atom. The van der Waals surface area contributed by atoms with Crippen LogP contribution in [0.15, 0.2) is 188 Å². The van der Waals surface area contributed by atoms with Crippen LogP contribution in [0.4, 0.5) is 0 Å². The largest absolute Gasteiger partial charge is 0.309 e. The third-order valence-corrected chi connectivity index (χ3v) is 11.1. The van der Waals surface area contributed by atoms with Gasteiger partial charge in [0.05, 0.1) is 33.8 Å². The lowest BCUT2D eigenvalue weighted by Gasteiger charge is -2.16.